The van der Waals surface area contributed by atoms with Crippen molar-refractivity contribution in [3.63, 3.8) is 0 Å². The second-order valence-corrected chi connectivity index (χ2v) is 4.84. The zero-order valence-electron chi connectivity index (χ0n) is 10.7. The second-order valence-electron chi connectivity index (χ2n) is 4.02. The number of pyridine rings is 1. The number of anilines is 1. The number of nitrogens with zero attached hydrogens (tertiary/aromatic N) is 1. The van der Waals surface area contributed by atoms with E-state index in [-0.39, 0.29) is 15.9 Å². The van der Waals surface area contributed by atoms with Crippen molar-refractivity contribution in [1.29, 1.82) is 0 Å². The van der Waals surface area contributed by atoms with Crippen LogP contribution in [0.3, 0.4) is 0 Å². The molecule has 0 fully saturated rings. The highest BCUT2D eigenvalue weighted by Crippen LogP contribution is 2.37. The summed E-state index contributed by atoms with van der Waals surface area (Å²) in [7, 11) is 0. The summed E-state index contributed by atoms with van der Waals surface area (Å²) in [6, 6.07) is 1.15. The lowest BCUT2D eigenvalue weighted by Gasteiger charge is -2.20. The summed E-state index contributed by atoms with van der Waals surface area (Å²) in [4.78, 5) is 3.70. The largest absolute Gasteiger partial charge is 0.470 e. The minimum atomic E-state index is -5.71. The summed E-state index contributed by atoms with van der Waals surface area (Å²) < 4.78 is 66.0. The average Bonchev–Trinajstić information content (AvgIpc) is 2.35. The number of hydrogen-bond acceptors (Lipinski definition) is 3. The fourth-order valence-corrected chi connectivity index (χ4v) is 1.64. The molecule has 0 amide bonds. The summed E-state index contributed by atoms with van der Waals surface area (Å²) >= 11 is 11.5. The molecule has 0 aliphatic carbocycles. The SMILES string of the molecule is CCCNc1nc(OCC(F)(F)C(F)(F)F)c(Cl)cc1Cl. The third-order valence-electron chi connectivity index (χ3n) is 2.24. The molecule has 0 saturated heterocycles. The Morgan fingerprint density at radius 3 is 2.33 bits per heavy atom. The number of ether oxygens (including phenoxy) is 1. The van der Waals surface area contributed by atoms with Crippen molar-refractivity contribution in [3.05, 3.63) is 16.1 Å². The molecule has 0 atom stereocenters. The summed E-state index contributed by atoms with van der Waals surface area (Å²) in [5.41, 5.74) is 0. The molecule has 0 aliphatic heterocycles. The molecule has 0 unspecified atom stereocenters. The van der Waals surface area contributed by atoms with E-state index in [2.05, 4.69) is 15.0 Å². The van der Waals surface area contributed by atoms with Crippen LogP contribution in [0.4, 0.5) is 27.8 Å². The second kappa shape index (κ2) is 6.83. The van der Waals surface area contributed by atoms with E-state index in [0.717, 1.165) is 12.5 Å². The van der Waals surface area contributed by atoms with E-state index in [4.69, 9.17) is 23.2 Å². The van der Waals surface area contributed by atoms with Crippen molar-refractivity contribution in [2.75, 3.05) is 18.5 Å². The van der Waals surface area contributed by atoms with Crippen molar-refractivity contribution in [2.45, 2.75) is 25.4 Å². The minimum absolute atomic E-state index is 0.0910. The number of rotatable bonds is 6. The van der Waals surface area contributed by atoms with Gasteiger partial charge in [-0.15, -0.1) is 0 Å². The Morgan fingerprint density at radius 2 is 1.81 bits per heavy atom. The molecule has 0 radical (unpaired) electrons. The molecule has 10 heteroatoms. The van der Waals surface area contributed by atoms with E-state index in [1.54, 1.807) is 0 Å². The molecule has 1 N–H and O–H groups in total. The van der Waals surface area contributed by atoms with Crippen LogP contribution in [-0.4, -0.2) is 30.2 Å². The predicted molar refractivity (Wildman–Crippen MR) is 69.5 cm³/mol. The molecule has 0 aromatic carbocycles. The molecule has 120 valence electrons. The fourth-order valence-electron chi connectivity index (χ4n) is 1.16. The molecule has 1 aromatic heterocycles. The lowest BCUT2D eigenvalue weighted by atomic mass is 10.3. The highest BCUT2D eigenvalue weighted by Gasteiger charge is 2.58. The van der Waals surface area contributed by atoms with Gasteiger partial charge in [0, 0.05) is 6.54 Å². The van der Waals surface area contributed by atoms with Gasteiger partial charge in [0.25, 0.3) is 0 Å². The zero-order valence-corrected chi connectivity index (χ0v) is 12.2. The number of halogens is 7. The molecule has 21 heavy (non-hydrogen) atoms. The van der Waals surface area contributed by atoms with E-state index in [9.17, 15) is 22.0 Å². The molecule has 3 nitrogen and oxygen atoms in total. The molecular weight excluding hydrogens is 342 g/mol. The quantitative estimate of drug-likeness (QED) is 0.747. The number of hydrogen-bond donors (Lipinski definition) is 1. The number of alkyl halides is 5. The third kappa shape index (κ3) is 4.74. The summed E-state index contributed by atoms with van der Waals surface area (Å²) in [6.07, 6.45) is -4.99. The van der Waals surface area contributed by atoms with Gasteiger partial charge in [0.15, 0.2) is 6.61 Å². The van der Waals surface area contributed by atoms with Gasteiger partial charge in [-0.2, -0.15) is 26.9 Å². The van der Waals surface area contributed by atoms with Gasteiger partial charge >= 0.3 is 12.1 Å². The lowest BCUT2D eigenvalue weighted by molar-refractivity contribution is -0.290. The third-order valence-corrected chi connectivity index (χ3v) is 2.80. The fraction of sp³-hybridized carbons (Fsp3) is 0.545. The van der Waals surface area contributed by atoms with Gasteiger partial charge in [-0.1, -0.05) is 30.1 Å². The highest BCUT2D eigenvalue weighted by atomic mass is 35.5. The Morgan fingerprint density at radius 1 is 1.19 bits per heavy atom. The van der Waals surface area contributed by atoms with Crippen LogP contribution in [0.1, 0.15) is 13.3 Å². The topological polar surface area (TPSA) is 34.2 Å². The Bertz CT molecular complexity index is 496. The monoisotopic (exact) mass is 352 g/mol. The molecule has 0 saturated carbocycles. The molecule has 0 aliphatic rings. The minimum Gasteiger partial charge on any atom is -0.470 e. The molecule has 0 bridgehead atoms. The first kappa shape index (κ1) is 18.0. The van der Waals surface area contributed by atoms with Gasteiger partial charge in [0.2, 0.25) is 5.88 Å². The summed E-state index contributed by atoms with van der Waals surface area (Å²) in [5, 5.41) is 2.60. The molecule has 1 rings (SSSR count). The van der Waals surface area contributed by atoms with Crippen LogP contribution in [0.5, 0.6) is 5.88 Å². The van der Waals surface area contributed by atoms with Crippen molar-refractivity contribution in [3.8, 4) is 5.88 Å². The molecule has 1 heterocycles. The van der Waals surface area contributed by atoms with Gasteiger partial charge in [0.05, 0.1) is 5.02 Å². The van der Waals surface area contributed by atoms with Crippen molar-refractivity contribution < 1.29 is 26.7 Å². The Kier molecular flexibility index (Phi) is 5.86. The predicted octanol–water partition coefficient (Wildman–Crippen LogP) is 4.79. The van der Waals surface area contributed by atoms with Gasteiger partial charge in [0.1, 0.15) is 10.8 Å². The van der Waals surface area contributed by atoms with Crippen LogP contribution in [0.15, 0.2) is 6.07 Å². The van der Waals surface area contributed by atoms with Gasteiger partial charge in [-0.05, 0) is 12.5 Å². The van der Waals surface area contributed by atoms with Crippen LogP contribution < -0.4 is 10.1 Å². The standard InChI is InChI=1S/C11H11Cl2F5N2O/c1-2-3-19-8-6(12)4-7(13)9(20-8)21-5-10(14,15)11(16,17)18/h4H,2-3,5H2,1H3,(H,19,20). The van der Waals surface area contributed by atoms with Crippen LogP contribution in [-0.2, 0) is 0 Å². The molecule has 0 spiro atoms. The van der Waals surface area contributed by atoms with E-state index >= 15 is 0 Å². The van der Waals surface area contributed by atoms with Gasteiger partial charge < -0.3 is 10.1 Å². The van der Waals surface area contributed by atoms with Crippen LogP contribution in [0.25, 0.3) is 0 Å². The summed E-state index contributed by atoms with van der Waals surface area (Å²) in [5.74, 6) is -5.47. The van der Waals surface area contributed by atoms with Crippen LogP contribution in [0.2, 0.25) is 10.0 Å². The number of aromatic nitrogens is 1. The first-order valence-electron chi connectivity index (χ1n) is 5.75. The van der Waals surface area contributed by atoms with Crippen LogP contribution >= 0.6 is 23.2 Å². The average molecular weight is 353 g/mol. The van der Waals surface area contributed by atoms with Crippen LogP contribution in [0, 0.1) is 0 Å². The molecular formula is C11H11Cl2F5N2O. The first-order valence-corrected chi connectivity index (χ1v) is 6.51. The van der Waals surface area contributed by atoms with E-state index in [0.29, 0.717) is 6.54 Å². The Labute approximate surface area is 127 Å². The first-order chi connectivity index (χ1) is 9.58. The molecule has 1 aromatic rings. The maximum atomic E-state index is 12.8. The van der Waals surface area contributed by atoms with Gasteiger partial charge in [-0.3, -0.25) is 0 Å². The number of nitrogens with one attached hydrogen (secondary N) is 1. The van der Waals surface area contributed by atoms with E-state index in [1.165, 1.54) is 0 Å². The van der Waals surface area contributed by atoms with E-state index < -0.39 is 24.6 Å². The smallest absolute Gasteiger partial charge is 0.456 e. The van der Waals surface area contributed by atoms with Gasteiger partial charge in [-0.25, -0.2) is 0 Å². The Hall–Kier alpha value is -1.02. The zero-order chi connectivity index (χ0) is 16.3. The highest BCUT2D eigenvalue weighted by molar-refractivity contribution is 6.36. The summed E-state index contributed by atoms with van der Waals surface area (Å²) in [6.45, 7) is 0.419. The van der Waals surface area contributed by atoms with Crippen molar-refractivity contribution in [2.24, 2.45) is 0 Å². The Balaban J connectivity index is 2.88. The maximum absolute atomic E-state index is 12.8. The lowest BCUT2D eigenvalue weighted by Crippen LogP contribution is -2.41. The van der Waals surface area contributed by atoms with Crippen molar-refractivity contribution in [1.82, 2.24) is 4.98 Å². The van der Waals surface area contributed by atoms with Crippen molar-refractivity contribution >= 4 is 29.0 Å². The van der Waals surface area contributed by atoms with E-state index in [1.807, 2.05) is 6.92 Å². The maximum Gasteiger partial charge on any atom is 0.456 e. The normalized spacial score (nSPS) is 12.4.